The van der Waals surface area contributed by atoms with Crippen LogP contribution >= 0.6 is 0 Å². The van der Waals surface area contributed by atoms with Gasteiger partial charge in [0.2, 0.25) is 0 Å². The van der Waals surface area contributed by atoms with Crippen LogP contribution in [0.3, 0.4) is 0 Å². The molecule has 1 heterocycles. The monoisotopic (exact) mass is 632 g/mol. The van der Waals surface area contributed by atoms with Crippen molar-refractivity contribution < 1.29 is 38.4 Å². The van der Waals surface area contributed by atoms with Crippen molar-refractivity contribution in [3.8, 4) is 0 Å². The first kappa shape index (κ1) is 29.2. The van der Waals surface area contributed by atoms with Crippen molar-refractivity contribution in [1.29, 1.82) is 0 Å². The van der Waals surface area contributed by atoms with E-state index in [-0.39, 0.29) is 11.1 Å². The molecule has 1 saturated heterocycles. The van der Waals surface area contributed by atoms with E-state index in [1.807, 2.05) is 30.3 Å². The topological polar surface area (TPSA) is 108 Å². The molecule has 5 atom stereocenters. The summed E-state index contributed by atoms with van der Waals surface area (Å²) in [4.78, 5) is 39.9. The number of hydrogen-bond donors (Lipinski definition) is 1. The van der Waals surface area contributed by atoms with Gasteiger partial charge in [-0.25, -0.2) is 0 Å². The van der Waals surface area contributed by atoms with Crippen LogP contribution in [-0.4, -0.2) is 74.0 Å². The maximum atomic E-state index is 13.4. The van der Waals surface area contributed by atoms with Crippen molar-refractivity contribution in [2.75, 3.05) is 6.61 Å². The fourth-order valence-corrected chi connectivity index (χ4v) is 6.81. The van der Waals surface area contributed by atoms with Crippen molar-refractivity contribution in [3.63, 3.8) is 0 Å². The number of ether oxygens (including phenoxy) is 4. The Bertz CT molecular complexity index is 1470. The Labute approximate surface area is 249 Å². The van der Waals surface area contributed by atoms with E-state index in [9.17, 15) is 19.5 Å². The molecular formula is C33H28O8Se. The van der Waals surface area contributed by atoms with Crippen LogP contribution in [0.1, 0.15) is 31.1 Å². The summed E-state index contributed by atoms with van der Waals surface area (Å²) in [5.41, 5.74) is 0.811. The minimum atomic E-state index is -1.29. The van der Waals surface area contributed by atoms with Gasteiger partial charge >= 0.3 is 250 Å². The number of benzene rings is 4. The van der Waals surface area contributed by atoms with Crippen LogP contribution in [0.2, 0.25) is 0 Å². The minimum absolute atomic E-state index is 0.260. The Hall–Kier alpha value is -4.27. The van der Waals surface area contributed by atoms with Crippen LogP contribution in [0, 0.1) is 0 Å². The third-order valence-corrected chi connectivity index (χ3v) is 8.95. The number of rotatable bonds is 9. The summed E-state index contributed by atoms with van der Waals surface area (Å²) in [6, 6.07) is 34.5. The average molecular weight is 632 g/mol. The molecule has 5 rings (SSSR count). The summed E-state index contributed by atoms with van der Waals surface area (Å²) in [5, 5.41) is 9.60. The predicted molar refractivity (Wildman–Crippen MR) is 155 cm³/mol. The third kappa shape index (κ3) is 7.13. The number of aliphatic hydroxyl groups excluding tert-OH is 1. The fraction of sp³-hybridized carbons (Fsp3) is 0.182. The molecule has 1 aliphatic heterocycles. The summed E-state index contributed by atoms with van der Waals surface area (Å²) in [7, 11) is 0. The number of carbonyl (C=O) groups is 3. The predicted octanol–water partition coefficient (Wildman–Crippen LogP) is 3.41. The molecule has 1 aliphatic rings. The average Bonchev–Trinajstić information content (AvgIpc) is 3.05. The van der Waals surface area contributed by atoms with Crippen molar-refractivity contribution in [2.45, 2.75) is 29.4 Å². The first-order valence-electron chi connectivity index (χ1n) is 13.3. The van der Waals surface area contributed by atoms with Crippen LogP contribution in [0.15, 0.2) is 121 Å². The first-order valence-corrected chi connectivity index (χ1v) is 15.1. The van der Waals surface area contributed by atoms with Crippen molar-refractivity contribution in [2.24, 2.45) is 0 Å². The molecule has 1 N–H and O–H groups in total. The molecule has 8 nitrogen and oxygen atoms in total. The fourth-order valence-electron chi connectivity index (χ4n) is 4.45. The number of aliphatic hydroxyl groups is 1. The second-order valence-corrected chi connectivity index (χ2v) is 11.8. The van der Waals surface area contributed by atoms with E-state index in [1.165, 1.54) is 0 Å². The Balaban J connectivity index is 1.54. The van der Waals surface area contributed by atoms with Gasteiger partial charge in [-0.05, 0) is 0 Å². The summed E-state index contributed by atoms with van der Waals surface area (Å²) in [6.45, 7) is -0.535. The molecule has 0 amide bonds. The van der Waals surface area contributed by atoms with E-state index < -0.39 is 68.9 Å². The van der Waals surface area contributed by atoms with Crippen LogP contribution in [0.5, 0.6) is 0 Å². The molecular weight excluding hydrogens is 603 g/mol. The van der Waals surface area contributed by atoms with Crippen molar-refractivity contribution in [3.05, 3.63) is 138 Å². The molecule has 0 spiro atoms. The van der Waals surface area contributed by atoms with Gasteiger partial charge in [0, 0.05) is 0 Å². The Morgan fingerprint density at radius 1 is 0.571 bits per heavy atom. The van der Waals surface area contributed by atoms with Gasteiger partial charge in [0.1, 0.15) is 0 Å². The first-order chi connectivity index (χ1) is 20.5. The Kier molecular flexibility index (Phi) is 9.79. The number of hydrogen-bond acceptors (Lipinski definition) is 8. The van der Waals surface area contributed by atoms with Gasteiger partial charge in [0.15, 0.2) is 0 Å². The second-order valence-electron chi connectivity index (χ2n) is 9.36. The standard InChI is InChI=1S/C33H28O8Se/c34-21-26-27(39-30(35)22-13-5-1-6-14-22)28(40-31(36)23-15-7-2-8-16-23)29(41-32(37)24-17-9-3-10-18-24)33(38-26)42-25-19-11-4-12-20-25/h1-20,26-29,33-34H,21H2/t26-,27+,28+,29-,33+/m1/s1. The van der Waals surface area contributed by atoms with Gasteiger partial charge < -0.3 is 0 Å². The van der Waals surface area contributed by atoms with Gasteiger partial charge in [-0.15, -0.1) is 0 Å². The van der Waals surface area contributed by atoms with E-state index in [0.717, 1.165) is 4.46 Å². The summed E-state index contributed by atoms with van der Waals surface area (Å²) in [6.07, 6.45) is -4.80. The molecule has 42 heavy (non-hydrogen) atoms. The van der Waals surface area contributed by atoms with E-state index in [1.54, 1.807) is 91.0 Å². The molecule has 1 fully saturated rings. The van der Waals surface area contributed by atoms with Gasteiger partial charge in [0.05, 0.1) is 0 Å². The van der Waals surface area contributed by atoms with Crippen LogP contribution in [0.25, 0.3) is 0 Å². The van der Waals surface area contributed by atoms with Gasteiger partial charge in [-0.1, -0.05) is 0 Å². The van der Waals surface area contributed by atoms with Gasteiger partial charge in [0.25, 0.3) is 0 Å². The molecule has 0 radical (unpaired) electrons. The normalized spacial score (nSPS) is 21.6. The second kappa shape index (κ2) is 14.1. The molecule has 0 bridgehead atoms. The Morgan fingerprint density at radius 3 is 1.38 bits per heavy atom. The molecule has 9 heteroatoms. The summed E-state index contributed by atoms with van der Waals surface area (Å²) in [5.74, 6) is -2.07. The molecule has 0 saturated carbocycles. The summed E-state index contributed by atoms with van der Waals surface area (Å²) < 4.78 is 25.1. The Morgan fingerprint density at radius 2 is 0.952 bits per heavy atom. The zero-order valence-corrected chi connectivity index (χ0v) is 24.1. The van der Waals surface area contributed by atoms with Crippen LogP contribution < -0.4 is 4.46 Å². The van der Waals surface area contributed by atoms with Crippen molar-refractivity contribution in [1.82, 2.24) is 0 Å². The van der Waals surface area contributed by atoms with Crippen LogP contribution in [-0.2, 0) is 18.9 Å². The molecule has 4 aromatic carbocycles. The zero-order valence-electron chi connectivity index (χ0n) is 22.4. The molecule has 0 aromatic heterocycles. The molecule has 0 unspecified atom stereocenters. The number of carbonyl (C=O) groups excluding carboxylic acids is 3. The maximum absolute atomic E-state index is 13.4. The number of esters is 3. The van der Waals surface area contributed by atoms with Crippen LogP contribution in [0.4, 0.5) is 0 Å². The summed E-state index contributed by atoms with van der Waals surface area (Å²) >= 11 is -0.456. The van der Waals surface area contributed by atoms with E-state index in [4.69, 9.17) is 18.9 Å². The molecule has 0 aliphatic carbocycles. The SMILES string of the molecule is O=C(O[C@H]1[C@@H](OC(=O)c2ccccc2)[C@@H](CO)O[C@@H]([Se]c2ccccc2)[C@@H]1OC(=O)c1ccccc1)c1ccccc1. The van der Waals surface area contributed by atoms with E-state index >= 15 is 0 Å². The quantitative estimate of drug-likeness (QED) is 0.170. The van der Waals surface area contributed by atoms with E-state index in [2.05, 4.69) is 0 Å². The molecule has 4 aromatic rings. The van der Waals surface area contributed by atoms with Gasteiger partial charge in [-0.3, -0.25) is 0 Å². The zero-order chi connectivity index (χ0) is 29.3. The molecule has 214 valence electrons. The van der Waals surface area contributed by atoms with Gasteiger partial charge in [-0.2, -0.15) is 0 Å². The van der Waals surface area contributed by atoms with E-state index in [0.29, 0.717) is 5.56 Å². The third-order valence-electron chi connectivity index (χ3n) is 6.52. The van der Waals surface area contributed by atoms with Crippen molar-refractivity contribution >= 4 is 37.3 Å².